The fourth-order valence-electron chi connectivity index (χ4n) is 1.45. The van der Waals surface area contributed by atoms with E-state index in [1.165, 1.54) is 5.56 Å². The Labute approximate surface area is 89.6 Å². The molecular formula is C12H15NO2. The third kappa shape index (κ3) is 2.91. The van der Waals surface area contributed by atoms with E-state index in [0.29, 0.717) is 6.42 Å². The number of hydrogen-bond donors (Lipinski definition) is 0. The van der Waals surface area contributed by atoms with Crippen LogP contribution in [0.2, 0.25) is 0 Å². The van der Waals surface area contributed by atoms with E-state index in [2.05, 4.69) is 0 Å². The van der Waals surface area contributed by atoms with Gasteiger partial charge in [0, 0.05) is 12.5 Å². The highest BCUT2D eigenvalue weighted by Gasteiger charge is 2.07. The summed E-state index contributed by atoms with van der Waals surface area (Å²) in [5.74, 6) is 0. The molecule has 80 valence electrons. The number of allylic oxidation sites excluding steroid dienone is 1. The monoisotopic (exact) mass is 205 g/mol. The maximum Gasteiger partial charge on any atom is 0.246 e. The topological polar surface area (TPSA) is 43.1 Å². The van der Waals surface area contributed by atoms with Gasteiger partial charge >= 0.3 is 0 Å². The lowest BCUT2D eigenvalue weighted by Crippen LogP contribution is -1.97. The molecule has 0 heterocycles. The van der Waals surface area contributed by atoms with Gasteiger partial charge in [-0.3, -0.25) is 10.1 Å². The minimum Gasteiger partial charge on any atom is -0.259 e. The Morgan fingerprint density at radius 1 is 1.47 bits per heavy atom. The van der Waals surface area contributed by atoms with E-state index in [1.807, 2.05) is 32.0 Å². The molecule has 0 fully saturated rings. The van der Waals surface area contributed by atoms with Crippen LogP contribution in [0.3, 0.4) is 0 Å². The van der Waals surface area contributed by atoms with Crippen molar-refractivity contribution >= 4 is 6.08 Å². The second-order valence-electron chi connectivity index (χ2n) is 3.61. The molecule has 3 heteroatoms. The molecule has 0 N–H and O–H groups in total. The Balaban J connectivity index is 3.12. The van der Waals surface area contributed by atoms with Crippen LogP contribution >= 0.6 is 0 Å². The molecule has 0 unspecified atom stereocenters. The van der Waals surface area contributed by atoms with E-state index >= 15 is 0 Å². The number of hydrogen-bond acceptors (Lipinski definition) is 2. The molecule has 0 aromatic heterocycles. The molecule has 1 aromatic rings. The highest BCUT2D eigenvalue weighted by atomic mass is 16.6. The fraction of sp³-hybridized carbons (Fsp3) is 0.333. The van der Waals surface area contributed by atoms with Crippen LogP contribution in [0.25, 0.3) is 6.08 Å². The van der Waals surface area contributed by atoms with Crippen molar-refractivity contribution in [3.8, 4) is 0 Å². The van der Waals surface area contributed by atoms with E-state index in [9.17, 15) is 10.1 Å². The van der Waals surface area contributed by atoms with Gasteiger partial charge < -0.3 is 0 Å². The van der Waals surface area contributed by atoms with Gasteiger partial charge in [-0.05, 0) is 25.0 Å². The van der Waals surface area contributed by atoms with Crippen LogP contribution in [0.15, 0.2) is 23.9 Å². The number of benzene rings is 1. The lowest BCUT2D eigenvalue weighted by Gasteiger charge is -2.02. The first kappa shape index (κ1) is 11.4. The first-order chi connectivity index (χ1) is 7.04. The summed E-state index contributed by atoms with van der Waals surface area (Å²) in [4.78, 5) is 10.3. The molecule has 3 nitrogen and oxygen atoms in total. The normalized spacial score (nSPS) is 11.5. The van der Waals surface area contributed by atoms with Crippen LogP contribution in [0.5, 0.6) is 0 Å². The summed E-state index contributed by atoms with van der Waals surface area (Å²) in [6.07, 6.45) is 2.09. The fourth-order valence-corrected chi connectivity index (χ4v) is 1.45. The van der Waals surface area contributed by atoms with Crippen molar-refractivity contribution in [1.29, 1.82) is 0 Å². The summed E-state index contributed by atoms with van der Waals surface area (Å²) in [7, 11) is 0. The molecule has 0 atom stereocenters. The van der Waals surface area contributed by atoms with Crippen LogP contribution in [0.4, 0.5) is 0 Å². The summed E-state index contributed by atoms with van der Waals surface area (Å²) >= 11 is 0. The Morgan fingerprint density at radius 3 is 2.60 bits per heavy atom. The van der Waals surface area contributed by atoms with Crippen molar-refractivity contribution in [3.05, 3.63) is 50.7 Å². The predicted octanol–water partition coefficient (Wildman–Crippen LogP) is 3.33. The highest BCUT2D eigenvalue weighted by Crippen LogP contribution is 2.15. The van der Waals surface area contributed by atoms with Gasteiger partial charge in [-0.25, -0.2) is 0 Å². The van der Waals surface area contributed by atoms with E-state index in [4.69, 9.17) is 0 Å². The van der Waals surface area contributed by atoms with Gasteiger partial charge in [0.1, 0.15) is 0 Å². The van der Waals surface area contributed by atoms with Gasteiger partial charge in [0.2, 0.25) is 5.70 Å². The van der Waals surface area contributed by atoms with Gasteiger partial charge in [0.25, 0.3) is 0 Å². The smallest absolute Gasteiger partial charge is 0.246 e. The second-order valence-corrected chi connectivity index (χ2v) is 3.61. The van der Waals surface area contributed by atoms with E-state index < -0.39 is 0 Å². The molecule has 0 spiro atoms. The van der Waals surface area contributed by atoms with Crippen molar-refractivity contribution in [2.24, 2.45) is 0 Å². The third-order valence-electron chi connectivity index (χ3n) is 2.34. The number of nitrogens with zero attached hydrogens (tertiary/aromatic N) is 1. The molecule has 0 saturated carbocycles. The van der Waals surface area contributed by atoms with Gasteiger partial charge in [0.05, 0.1) is 4.92 Å². The zero-order chi connectivity index (χ0) is 11.4. The maximum atomic E-state index is 10.7. The van der Waals surface area contributed by atoms with Gasteiger partial charge in [-0.1, -0.05) is 30.7 Å². The molecule has 0 aliphatic rings. The molecule has 1 rings (SSSR count). The third-order valence-corrected chi connectivity index (χ3v) is 2.34. The van der Waals surface area contributed by atoms with E-state index in [1.54, 1.807) is 13.0 Å². The zero-order valence-electron chi connectivity index (χ0n) is 9.28. The molecule has 1 aromatic carbocycles. The molecule has 0 saturated heterocycles. The Hall–Kier alpha value is -1.64. The summed E-state index contributed by atoms with van der Waals surface area (Å²) in [6, 6.07) is 5.91. The average molecular weight is 205 g/mol. The summed E-state index contributed by atoms with van der Waals surface area (Å²) in [5, 5.41) is 10.7. The molecule has 0 aliphatic heterocycles. The Morgan fingerprint density at radius 2 is 2.13 bits per heavy atom. The van der Waals surface area contributed by atoms with E-state index in [-0.39, 0.29) is 10.6 Å². The Bertz CT molecular complexity index is 408. The largest absolute Gasteiger partial charge is 0.259 e. The first-order valence-electron chi connectivity index (χ1n) is 4.96. The van der Waals surface area contributed by atoms with Crippen molar-refractivity contribution in [3.63, 3.8) is 0 Å². The van der Waals surface area contributed by atoms with Crippen LogP contribution in [0, 0.1) is 24.0 Å². The lowest BCUT2D eigenvalue weighted by atomic mass is 10.0. The van der Waals surface area contributed by atoms with Crippen molar-refractivity contribution in [1.82, 2.24) is 0 Å². The molecular weight excluding hydrogens is 190 g/mol. The maximum absolute atomic E-state index is 10.7. The quantitative estimate of drug-likeness (QED) is 0.561. The Kier molecular flexibility index (Phi) is 3.61. The molecule has 0 bridgehead atoms. The summed E-state index contributed by atoms with van der Waals surface area (Å²) in [6.45, 7) is 5.76. The standard InChI is InChI=1S/C12H15NO2/c1-4-12(13(14)15)8-11-6-5-9(2)7-10(11)3/h5-8H,4H2,1-3H3/b12-8-. The number of rotatable bonds is 3. The number of aryl methyl sites for hydroxylation is 2. The van der Waals surface area contributed by atoms with Crippen molar-refractivity contribution < 1.29 is 4.92 Å². The van der Waals surface area contributed by atoms with Gasteiger partial charge in [-0.15, -0.1) is 0 Å². The van der Waals surface area contributed by atoms with Crippen molar-refractivity contribution in [2.45, 2.75) is 27.2 Å². The van der Waals surface area contributed by atoms with Crippen LogP contribution in [-0.4, -0.2) is 4.92 Å². The van der Waals surface area contributed by atoms with Crippen LogP contribution in [-0.2, 0) is 0 Å². The van der Waals surface area contributed by atoms with Gasteiger partial charge in [0.15, 0.2) is 0 Å². The minimum absolute atomic E-state index is 0.252. The van der Waals surface area contributed by atoms with Crippen LogP contribution in [0.1, 0.15) is 30.0 Å². The zero-order valence-corrected chi connectivity index (χ0v) is 9.28. The van der Waals surface area contributed by atoms with Crippen molar-refractivity contribution in [2.75, 3.05) is 0 Å². The van der Waals surface area contributed by atoms with Crippen LogP contribution < -0.4 is 0 Å². The lowest BCUT2D eigenvalue weighted by molar-refractivity contribution is -0.425. The SMILES string of the molecule is CC/C(=C/c1ccc(C)cc1C)[N+](=O)[O-]. The first-order valence-corrected chi connectivity index (χ1v) is 4.96. The second kappa shape index (κ2) is 4.73. The molecule has 0 aliphatic carbocycles. The molecule has 0 amide bonds. The highest BCUT2D eigenvalue weighted by molar-refractivity contribution is 5.55. The average Bonchev–Trinajstić information content (AvgIpc) is 2.16. The molecule has 15 heavy (non-hydrogen) atoms. The summed E-state index contributed by atoms with van der Waals surface area (Å²) < 4.78 is 0. The number of nitro groups is 1. The molecule has 0 radical (unpaired) electrons. The van der Waals surface area contributed by atoms with E-state index in [0.717, 1.165) is 11.1 Å². The van der Waals surface area contributed by atoms with Gasteiger partial charge in [-0.2, -0.15) is 0 Å². The minimum atomic E-state index is -0.320. The summed E-state index contributed by atoms with van der Waals surface area (Å²) in [5.41, 5.74) is 3.42. The predicted molar refractivity (Wildman–Crippen MR) is 61.2 cm³/mol.